The molecule has 13 N–H and O–H groups in total. The molecule has 0 aromatic carbocycles. The second-order valence-corrected chi connectivity index (χ2v) is 21.7. The third-order valence-electron chi connectivity index (χ3n) is 18.2. The molecule has 0 bridgehead atoms. The molecule has 28 unspecified atom stereocenters. The maximum Gasteiger partial charge on any atom is 0.187 e. The Hall–Kier alpha value is -1.06. The number of ether oxygens (including phenoxy) is 7. The van der Waals surface area contributed by atoms with E-state index in [1.165, 1.54) is 11.1 Å². The van der Waals surface area contributed by atoms with Crippen LogP contribution in [0, 0.1) is 40.4 Å². The van der Waals surface area contributed by atoms with Gasteiger partial charge < -0.3 is 99.5 Å². The van der Waals surface area contributed by atoms with E-state index in [1.54, 1.807) is 0 Å². The van der Waals surface area contributed by atoms with E-state index in [0.717, 1.165) is 25.7 Å². The van der Waals surface area contributed by atoms with Crippen molar-refractivity contribution in [1.29, 1.82) is 0 Å². The zero-order valence-electron chi connectivity index (χ0n) is 38.7. The Balaban J connectivity index is 0.909. The lowest BCUT2D eigenvalue weighted by Crippen LogP contribution is -2.71. The van der Waals surface area contributed by atoms with Crippen molar-refractivity contribution in [1.82, 2.24) is 0 Å². The van der Waals surface area contributed by atoms with Crippen molar-refractivity contribution in [3.8, 4) is 0 Å². The molecule has 8 rings (SSSR count). The molecule has 4 heterocycles. The quantitative estimate of drug-likeness (QED) is 0.0507. The second-order valence-electron chi connectivity index (χ2n) is 21.7. The fraction of sp³-hybridized carbons (Fsp3) is 0.957. The van der Waals surface area contributed by atoms with Crippen LogP contribution < -0.4 is 0 Å². The van der Waals surface area contributed by atoms with Crippen LogP contribution in [-0.2, 0) is 33.2 Å². The molecule has 4 aliphatic carbocycles. The molecule has 4 saturated carbocycles. The first-order chi connectivity index (χ1) is 31.1. The van der Waals surface area contributed by atoms with Gasteiger partial charge >= 0.3 is 0 Å². The van der Waals surface area contributed by atoms with Gasteiger partial charge in [-0.3, -0.25) is 0 Å². The lowest BCUT2D eigenvalue weighted by molar-refractivity contribution is -0.382. The zero-order valence-corrected chi connectivity index (χ0v) is 38.7. The third kappa shape index (κ3) is 8.36. The normalized spacial score (nSPS) is 54.3. The summed E-state index contributed by atoms with van der Waals surface area (Å²) in [5, 5.41) is 142. The Kier molecular flexibility index (Phi) is 14.9. The summed E-state index contributed by atoms with van der Waals surface area (Å²) >= 11 is 0. The Morgan fingerprint density at radius 3 is 1.73 bits per heavy atom. The molecule has 4 saturated heterocycles. The van der Waals surface area contributed by atoms with Gasteiger partial charge in [-0.05, 0) is 87.9 Å². The van der Waals surface area contributed by atoms with Crippen molar-refractivity contribution in [2.75, 3.05) is 19.8 Å². The average molecular weight is 949 g/mol. The molecule has 20 heteroatoms. The van der Waals surface area contributed by atoms with Crippen LogP contribution >= 0.6 is 0 Å². The number of allylic oxidation sites excluding steroid dienone is 1. The van der Waals surface area contributed by atoms with Crippen LogP contribution in [0.2, 0.25) is 0 Å². The van der Waals surface area contributed by atoms with Gasteiger partial charge in [0, 0.05) is 18.3 Å². The highest BCUT2D eigenvalue weighted by Crippen LogP contribution is 2.73. The first kappa shape index (κ1) is 51.3. The summed E-state index contributed by atoms with van der Waals surface area (Å²) < 4.78 is 41.1. The fourth-order valence-electron chi connectivity index (χ4n) is 13.9. The van der Waals surface area contributed by atoms with E-state index in [0.29, 0.717) is 18.3 Å². The van der Waals surface area contributed by atoms with Crippen LogP contribution in [0.1, 0.15) is 86.5 Å². The highest BCUT2D eigenvalue weighted by atomic mass is 16.8. The summed E-state index contributed by atoms with van der Waals surface area (Å²) in [6.45, 7) is 10.3. The number of hydrogen-bond acceptors (Lipinski definition) is 20. The van der Waals surface area contributed by atoms with Gasteiger partial charge in [0.05, 0.1) is 44.2 Å². The van der Waals surface area contributed by atoms with E-state index < -0.39 is 147 Å². The average Bonchev–Trinajstić information content (AvgIpc) is 4.02. The lowest BCUT2D eigenvalue weighted by atomic mass is 9.42. The monoisotopic (exact) mass is 948 g/mol. The predicted octanol–water partition coefficient (Wildman–Crippen LogP) is -2.70. The molecule has 0 aromatic heterocycles. The summed E-state index contributed by atoms with van der Waals surface area (Å²) in [5.41, 5.74) is -0.0821. The van der Waals surface area contributed by atoms with Crippen molar-refractivity contribution >= 4 is 0 Å². The molecule has 20 nitrogen and oxygen atoms in total. The van der Waals surface area contributed by atoms with E-state index in [4.69, 9.17) is 33.2 Å². The van der Waals surface area contributed by atoms with Gasteiger partial charge in [0.15, 0.2) is 18.9 Å². The molecule has 4 aliphatic heterocycles. The van der Waals surface area contributed by atoms with Crippen LogP contribution in [0.3, 0.4) is 0 Å². The molecule has 0 radical (unpaired) electrons. The van der Waals surface area contributed by atoms with Gasteiger partial charge in [-0.1, -0.05) is 31.9 Å². The SMILES string of the molecule is CC(C)=C(C)CC(O)C(C)C1CCC2C3C4OC4C4(O)CC(OC5OC(CO)C(OC6OC(CO)C(OC7OC(CO)C(O)C(O)C7O)C(O)C6O)C(O)C5O)CC(O)C4(C)C3CCC12C. The largest absolute Gasteiger partial charge is 0.394 e. The Morgan fingerprint density at radius 1 is 0.652 bits per heavy atom. The van der Waals surface area contributed by atoms with Gasteiger partial charge in [0.2, 0.25) is 0 Å². The summed E-state index contributed by atoms with van der Waals surface area (Å²) in [4.78, 5) is 0. The van der Waals surface area contributed by atoms with Crippen molar-refractivity contribution in [3.05, 3.63) is 11.1 Å². The summed E-state index contributed by atoms with van der Waals surface area (Å²) in [5.74, 6) is 0.764. The summed E-state index contributed by atoms with van der Waals surface area (Å²) in [7, 11) is 0. The first-order valence-electron chi connectivity index (χ1n) is 24.0. The van der Waals surface area contributed by atoms with Crippen LogP contribution in [0.25, 0.3) is 0 Å². The molecule has 0 aromatic rings. The van der Waals surface area contributed by atoms with Gasteiger partial charge in [0.25, 0.3) is 0 Å². The van der Waals surface area contributed by atoms with Crippen LogP contribution in [-0.4, -0.2) is 214 Å². The van der Waals surface area contributed by atoms with Crippen molar-refractivity contribution in [2.24, 2.45) is 40.4 Å². The number of rotatable bonds is 13. The Labute approximate surface area is 385 Å². The predicted molar refractivity (Wildman–Crippen MR) is 225 cm³/mol. The van der Waals surface area contributed by atoms with Crippen molar-refractivity contribution in [2.45, 2.75) is 215 Å². The standard InChI is InChI=1S/C46H76O20/c1-17(2)18(3)11-24(50)19(4)21-7-8-22-29-23(9-10-44(21,22)5)45(6)28(51)12-20(13-46(45,59)40-39(29)64-40)60-41-35(57)32(54)37(26(15-48)62-41)66-43-36(58)33(55)38(27(16-49)63-43)65-42-34(56)31(53)30(52)25(14-47)61-42/h19-43,47-59H,7-16H2,1-6H3. The molecule has 0 amide bonds. The number of fused-ring (bicyclic) bond motifs is 8. The first-order valence-corrected chi connectivity index (χ1v) is 24.0. The molecular formula is C46H76O20. The van der Waals surface area contributed by atoms with Gasteiger partial charge in [-0.15, -0.1) is 0 Å². The molecule has 380 valence electrons. The van der Waals surface area contributed by atoms with E-state index in [2.05, 4.69) is 34.6 Å². The van der Waals surface area contributed by atoms with Crippen LogP contribution in [0.4, 0.5) is 0 Å². The highest BCUT2D eigenvalue weighted by Gasteiger charge is 2.78. The van der Waals surface area contributed by atoms with E-state index in [-0.39, 0.29) is 42.1 Å². The number of hydrogen-bond donors (Lipinski definition) is 13. The minimum atomic E-state index is -1.98. The number of aliphatic hydroxyl groups is 13. The zero-order chi connectivity index (χ0) is 48.1. The highest BCUT2D eigenvalue weighted by molar-refractivity contribution is 5.26. The maximum absolute atomic E-state index is 12.8. The van der Waals surface area contributed by atoms with Gasteiger partial charge in [-0.25, -0.2) is 0 Å². The number of aliphatic hydroxyl groups excluding tert-OH is 12. The van der Waals surface area contributed by atoms with E-state index in [1.807, 2.05) is 6.92 Å². The van der Waals surface area contributed by atoms with Gasteiger partial charge in [0.1, 0.15) is 85.0 Å². The second kappa shape index (κ2) is 19.2. The molecule has 28 atom stereocenters. The molecule has 66 heavy (non-hydrogen) atoms. The molecule has 8 aliphatic rings. The molecule has 8 fully saturated rings. The van der Waals surface area contributed by atoms with E-state index >= 15 is 0 Å². The summed E-state index contributed by atoms with van der Waals surface area (Å²) in [6.07, 6.45) is -24.4. The minimum absolute atomic E-state index is 0.0315. The maximum atomic E-state index is 12.8. The Morgan fingerprint density at radius 2 is 1.18 bits per heavy atom. The van der Waals surface area contributed by atoms with Crippen LogP contribution in [0.5, 0.6) is 0 Å². The summed E-state index contributed by atoms with van der Waals surface area (Å²) in [6, 6.07) is 0. The van der Waals surface area contributed by atoms with Crippen molar-refractivity contribution in [3.63, 3.8) is 0 Å². The molecular weight excluding hydrogens is 872 g/mol. The van der Waals surface area contributed by atoms with E-state index in [9.17, 15) is 66.4 Å². The lowest BCUT2D eigenvalue weighted by Gasteiger charge is -2.64. The number of epoxide rings is 1. The fourth-order valence-corrected chi connectivity index (χ4v) is 13.9. The van der Waals surface area contributed by atoms with Crippen molar-refractivity contribution < 1.29 is 99.5 Å². The smallest absolute Gasteiger partial charge is 0.187 e. The van der Waals surface area contributed by atoms with Crippen LogP contribution in [0.15, 0.2) is 11.1 Å². The molecule has 0 spiro atoms. The minimum Gasteiger partial charge on any atom is -0.394 e. The topological polar surface area (TPSA) is 331 Å². The Bertz CT molecular complexity index is 1710. The third-order valence-corrected chi connectivity index (χ3v) is 18.2. The van der Waals surface area contributed by atoms with Gasteiger partial charge in [-0.2, -0.15) is 0 Å².